The van der Waals surface area contributed by atoms with Crippen LogP contribution in [-0.4, -0.2) is 31.0 Å². The molecule has 0 radical (unpaired) electrons. The first kappa shape index (κ1) is 15.5. The lowest BCUT2D eigenvalue weighted by atomic mass is 10.2. The van der Waals surface area contributed by atoms with Crippen molar-refractivity contribution in [2.75, 3.05) is 10.8 Å². The number of nitrogens with zero attached hydrogens (tertiary/aromatic N) is 2. The number of rotatable bonds is 5. The first-order valence-electron chi connectivity index (χ1n) is 6.13. The number of pyridine rings is 1. The number of hydrogen-bond donors (Lipinski definition) is 1. The number of anilines is 1. The normalized spacial score (nSPS) is 11.3. The first-order chi connectivity index (χ1) is 9.86. The van der Waals surface area contributed by atoms with Crippen molar-refractivity contribution in [1.29, 1.82) is 0 Å². The molecule has 0 aliphatic carbocycles. The van der Waals surface area contributed by atoms with Crippen molar-refractivity contribution in [3.05, 3.63) is 41.0 Å². The summed E-state index contributed by atoms with van der Waals surface area (Å²) in [6.45, 7) is 3.70. The summed E-state index contributed by atoms with van der Waals surface area (Å²) in [6.07, 6.45) is 2.52. The van der Waals surface area contributed by atoms with Crippen LogP contribution in [0.2, 0.25) is 0 Å². The Bertz CT molecular complexity index is 768. The number of hydrogen-bond acceptors (Lipinski definition) is 5. The van der Waals surface area contributed by atoms with Crippen LogP contribution in [-0.2, 0) is 10.0 Å². The van der Waals surface area contributed by atoms with Gasteiger partial charge in [0.15, 0.2) is 0 Å². The lowest BCUT2D eigenvalue weighted by Crippen LogP contribution is -2.30. The monoisotopic (exact) mass is 326 g/mol. The largest absolute Gasteiger partial charge is 0.478 e. The van der Waals surface area contributed by atoms with Crippen molar-refractivity contribution >= 4 is 33.0 Å². The minimum atomic E-state index is -3.71. The Morgan fingerprint density at radius 3 is 2.62 bits per heavy atom. The van der Waals surface area contributed by atoms with E-state index >= 15 is 0 Å². The summed E-state index contributed by atoms with van der Waals surface area (Å²) in [4.78, 5) is 15.7. The lowest BCUT2D eigenvalue weighted by molar-refractivity contribution is 0.0696. The van der Waals surface area contributed by atoms with Gasteiger partial charge in [0.1, 0.15) is 4.21 Å². The van der Waals surface area contributed by atoms with Crippen molar-refractivity contribution in [3.63, 3.8) is 0 Å². The third-order valence-corrected chi connectivity index (χ3v) is 6.18. The van der Waals surface area contributed by atoms with E-state index in [0.29, 0.717) is 0 Å². The van der Waals surface area contributed by atoms with E-state index in [9.17, 15) is 13.2 Å². The SMILES string of the molecule is CCN(c1cncc(C(=O)O)c1)S(=O)(=O)c1ccc(C)s1. The van der Waals surface area contributed by atoms with E-state index in [1.54, 1.807) is 19.1 Å². The van der Waals surface area contributed by atoms with E-state index in [4.69, 9.17) is 5.11 Å². The summed E-state index contributed by atoms with van der Waals surface area (Å²) >= 11 is 1.18. The highest BCUT2D eigenvalue weighted by molar-refractivity contribution is 7.94. The standard InChI is InChI=1S/C13H14N2O4S2/c1-3-15(11-6-10(13(16)17)7-14-8-11)21(18,19)12-5-4-9(2)20-12/h4-8H,3H2,1-2H3,(H,16,17). The fourth-order valence-corrected chi connectivity index (χ4v) is 4.68. The summed E-state index contributed by atoms with van der Waals surface area (Å²) < 4.78 is 26.6. The predicted octanol–water partition coefficient (Wildman–Crippen LogP) is 2.36. The van der Waals surface area contributed by atoms with Gasteiger partial charge in [0.25, 0.3) is 10.0 Å². The summed E-state index contributed by atoms with van der Waals surface area (Å²) in [7, 11) is -3.71. The average molecular weight is 326 g/mol. The van der Waals surface area contributed by atoms with E-state index in [0.717, 1.165) is 9.18 Å². The Labute approximate surface area is 126 Å². The molecule has 0 amide bonds. The third-order valence-electron chi connectivity index (χ3n) is 2.81. The van der Waals surface area contributed by atoms with Crippen LogP contribution in [0.5, 0.6) is 0 Å². The molecule has 112 valence electrons. The molecule has 0 aliphatic heterocycles. The number of carboxylic acid groups (broad SMARTS) is 1. The van der Waals surface area contributed by atoms with Crippen LogP contribution in [0.15, 0.2) is 34.8 Å². The molecule has 0 saturated heterocycles. The van der Waals surface area contributed by atoms with Gasteiger partial charge in [-0.2, -0.15) is 0 Å². The molecule has 6 nitrogen and oxygen atoms in total. The molecule has 8 heteroatoms. The van der Waals surface area contributed by atoms with E-state index < -0.39 is 16.0 Å². The Balaban J connectivity index is 2.49. The zero-order valence-electron chi connectivity index (χ0n) is 11.5. The minimum absolute atomic E-state index is 0.0523. The van der Waals surface area contributed by atoms with Crippen LogP contribution in [0.1, 0.15) is 22.2 Å². The maximum absolute atomic E-state index is 12.6. The highest BCUT2D eigenvalue weighted by atomic mass is 32.2. The van der Waals surface area contributed by atoms with Gasteiger partial charge in [-0.15, -0.1) is 11.3 Å². The fourth-order valence-electron chi connectivity index (χ4n) is 1.83. The highest BCUT2D eigenvalue weighted by Gasteiger charge is 2.25. The van der Waals surface area contributed by atoms with Gasteiger partial charge in [-0.25, -0.2) is 13.2 Å². The molecule has 0 atom stereocenters. The van der Waals surface area contributed by atoms with Crippen LogP contribution < -0.4 is 4.31 Å². The molecule has 2 heterocycles. The molecule has 2 rings (SSSR count). The van der Waals surface area contributed by atoms with Gasteiger partial charge in [0.2, 0.25) is 0 Å². The van der Waals surface area contributed by atoms with Crippen molar-refractivity contribution in [3.8, 4) is 0 Å². The summed E-state index contributed by atoms with van der Waals surface area (Å²) in [6, 6.07) is 4.58. The smallest absolute Gasteiger partial charge is 0.337 e. The number of thiophene rings is 1. The van der Waals surface area contributed by atoms with Gasteiger partial charge in [0, 0.05) is 17.6 Å². The van der Waals surface area contributed by atoms with Crippen LogP contribution >= 0.6 is 11.3 Å². The molecule has 0 aromatic carbocycles. The van der Waals surface area contributed by atoms with Crippen LogP contribution in [0, 0.1) is 6.92 Å². The van der Waals surface area contributed by atoms with Gasteiger partial charge in [-0.3, -0.25) is 9.29 Å². The molecule has 0 aliphatic rings. The first-order valence-corrected chi connectivity index (χ1v) is 8.39. The molecule has 0 bridgehead atoms. The van der Waals surface area contributed by atoms with Crippen LogP contribution in [0.3, 0.4) is 0 Å². The molecular formula is C13H14N2O4S2. The fraction of sp³-hybridized carbons (Fsp3) is 0.231. The topological polar surface area (TPSA) is 87.6 Å². The van der Waals surface area contributed by atoms with Crippen LogP contribution in [0.25, 0.3) is 0 Å². The number of carbonyl (C=O) groups is 1. The van der Waals surface area contributed by atoms with Gasteiger partial charge in [-0.1, -0.05) is 0 Å². The predicted molar refractivity (Wildman–Crippen MR) is 80.5 cm³/mol. The van der Waals surface area contributed by atoms with Crippen molar-refractivity contribution in [1.82, 2.24) is 4.98 Å². The second-order valence-electron chi connectivity index (χ2n) is 4.27. The van der Waals surface area contributed by atoms with Crippen LogP contribution in [0.4, 0.5) is 5.69 Å². The Morgan fingerprint density at radius 1 is 1.38 bits per heavy atom. The van der Waals surface area contributed by atoms with Crippen molar-refractivity contribution < 1.29 is 18.3 Å². The number of aryl methyl sites for hydroxylation is 1. The third kappa shape index (κ3) is 3.06. The van der Waals surface area contributed by atoms with E-state index in [1.807, 2.05) is 6.92 Å². The summed E-state index contributed by atoms with van der Waals surface area (Å²) in [5.41, 5.74) is 0.187. The number of aromatic nitrogens is 1. The number of carboxylic acids is 1. The molecular weight excluding hydrogens is 312 g/mol. The molecule has 2 aromatic heterocycles. The Kier molecular flexibility index (Phi) is 4.29. The summed E-state index contributed by atoms with van der Waals surface area (Å²) in [5.74, 6) is -1.15. The van der Waals surface area contributed by atoms with Gasteiger partial charge < -0.3 is 5.11 Å². The zero-order chi connectivity index (χ0) is 15.6. The Morgan fingerprint density at radius 2 is 2.10 bits per heavy atom. The molecule has 0 spiro atoms. The van der Waals surface area contributed by atoms with E-state index in [-0.39, 0.29) is 22.0 Å². The molecule has 2 aromatic rings. The molecule has 0 saturated carbocycles. The highest BCUT2D eigenvalue weighted by Crippen LogP contribution is 2.28. The maximum atomic E-state index is 12.6. The second-order valence-corrected chi connectivity index (χ2v) is 7.65. The van der Waals surface area contributed by atoms with E-state index in [2.05, 4.69) is 4.98 Å². The number of sulfonamides is 1. The zero-order valence-corrected chi connectivity index (χ0v) is 13.1. The molecule has 1 N–H and O–H groups in total. The van der Waals surface area contributed by atoms with Gasteiger partial charge in [0.05, 0.1) is 17.4 Å². The minimum Gasteiger partial charge on any atom is -0.478 e. The Hall–Kier alpha value is -1.93. The van der Waals surface area contributed by atoms with Gasteiger partial charge in [-0.05, 0) is 32.0 Å². The number of aromatic carboxylic acids is 1. The average Bonchev–Trinajstić information content (AvgIpc) is 2.87. The summed E-state index contributed by atoms with van der Waals surface area (Å²) in [5, 5.41) is 8.98. The molecule has 0 unspecified atom stereocenters. The molecule has 0 fully saturated rings. The van der Waals surface area contributed by atoms with Crippen molar-refractivity contribution in [2.45, 2.75) is 18.1 Å². The van der Waals surface area contributed by atoms with Crippen molar-refractivity contribution in [2.24, 2.45) is 0 Å². The van der Waals surface area contributed by atoms with E-state index in [1.165, 1.54) is 29.8 Å². The lowest BCUT2D eigenvalue weighted by Gasteiger charge is -2.21. The molecule has 21 heavy (non-hydrogen) atoms. The maximum Gasteiger partial charge on any atom is 0.337 e. The quantitative estimate of drug-likeness (QED) is 0.911. The van der Waals surface area contributed by atoms with Gasteiger partial charge >= 0.3 is 5.97 Å². The second kappa shape index (κ2) is 5.82.